The van der Waals surface area contributed by atoms with E-state index >= 15 is 0 Å². The van der Waals surface area contributed by atoms with Gasteiger partial charge in [-0.25, -0.2) is 4.98 Å². The number of fused-ring (bicyclic) bond motifs is 1. The fourth-order valence-corrected chi connectivity index (χ4v) is 5.69. The second kappa shape index (κ2) is 6.77. The smallest absolute Gasteiger partial charge is 0.269 e. The van der Waals surface area contributed by atoms with Crippen molar-refractivity contribution in [1.82, 2.24) is 15.2 Å². The van der Waals surface area contributed by atoms with Crippen LogP contribution in [0.2, 0.25) is 0 Å². The minimum Gasteiger partial charge on any atom is -0.368 e. The first-order valence-electron chi connectivity index (χ1n) is 10.6. The van der Waals surface area contributed by atoms with Crippen LogP contribution in [0.15, 0.2) is 18.3 Å². The van der Waals surface area contributed by atoms with Gasteiger partial charge in [0.15, 0.2) is 0 Å². The summed E-state index contributed by atoms with van der Waals surface area (Å²) in [7, 11) is 1.63. The van der Waals surface area contributed by atoms with Crippen molar-refractivity contribution in [2.24, 2.45) is 16.7 Å². The number of piperazine rings is 1. The van der Waals surface area contributed by atoms with E-state index in [1.165, 1.54) is 25.7 Å². The second-order valence-electron chi connectivity index (χ2n) is 9.39. The Hall–Kier alpha value is -1.62. The van der Waals surface area contributed by atoms with Gasteiger partial charge in [-0.1, -0.05) is 27.2 Å². The molecule has 0 spiro atoms. The van der Waals surface area contributed by atoms with Crippen molar-refractivity contribution in [3.05, 3.63) is 24.0 Å². The molecule has 1 aromatic rings. The van der Waals surface area contributed by atoms with Crippen LogP contribution >= 0.6 is 0 Å². The van der Waals surface area contributed by atoms with E-state index in [0.29, 0.717) is 16.5 Å². The highest BCUT2D eigenvalue weighted by atomic mass is 16.1. The van der Waals surface area contributed by atoms with Crippen molar-refractivity contribution >= 4 is 11.6 Å². The van der Waals surface area contributed by atoms with Gasteiger partial charge in [0.25, 0.3) is 5.91 Å². The zero-order valence-electron chi connectivity index (χ0n) is 17.3. The lowest BCUT2D eigenvalue weighted by Gasteiger charge is -2.41. The zero-order chi connectivity index (χ0) is 19.2. The molecule has 3 unspecified atom stereocenters. The van der Waals surface area contributed by atoms with E-state index in [0.717, 1.165) is 43.8 Å². The number of carbonyl (C=O) groups excluding carboxylic acids is 1. The van der Waals surface area contributed by atoms with Crippen molar-refractivity contribution in [2.45, 2.75) is 52.5 Å². The Morgan fingerprint density at radius 1 is 1.26 bits per heavy atom. The predicted molar refractivity (Wildman–Crippen MR) is 109 cm³/mol. The van der Waals surface area contributed by atoms with E-state index in [1.807, 2.05) is 18.3 Å². The zero-order valence-corrected chi connectivity index (χ0v) is 17.3. The highest BCUT2D eigenvalue weighted by molar-refractivity contribution is 5.92. The maximum atomic E-state index is 11.6. The Labute approximate surface area is 163 Å². The topological polar surface area (TPSA) is 48.5 Å². The molecule has 3 atom stereocenters. The Kier molecular flexibility index (Phi) is 4.69. The molecule has 1 amide bonds. The van der Waals surface area contributed by atoms with Crippen molar-refractivity contribution in [1.29, 1.82) is 0 Å². The summed E-state index contributed by atoms with van der Waals surface area (Å²) in [5.74, 6) is 0.840. The molecular formula is C22H34N4O. The van der Waals surface area contributed by atoms with E-state index < -0.39 is 0 Å². The van der Waals surface area contributed by atoms with Gasteiger partial charge in [0.05, 0.1) is 11.9 Å². The number of pyridine rings is 1. The number of hydrogen-bond donors (Lipinski definition) is 1. The number of aromatic nitrogens is 1. The van der Waals surface area contributed by atoms with Crippen molar-refractivity contribution in [3.63, 3.8) is 0 Å². The molecular weight excluding hydrogens is 336 g/mol. The molecule has 148 valence electrons. The van der Waals surface area contributed by atoms with Crippen LogP contribution in [0.4, 0.5) is 5.69 Å². The molecule has 4 rings (SSSR count). The summed E-state index contributed by atoms with van der Waals surface area (Å²) >= 11 is 0. The van der Waals surface area contributed by atoms with Crippen LogP contribution in [0.1, 0.15) is 56.9 Å². The lowest BCUT2D eigenvalue weighted by Crippen LogP contribution is -2.50. The molecule has 2 saturated carbocycles. The average Bonchev–Trinajstić information content (AvgIpc) is 3.29. The summed E-state index contributed by atoms with van der Waals surface area (Å²) < 4.78 is 0. The normalized spacial score (nSPS) is 30.9. The average molecular weight is 371 g/mol. The minimum atomic E-state index is -0.130. The summed E-state index contributed by atoms with van der Waals surface area (Å²) in [6.45, 7) is 11.7. The third-order valence-corrected chi connectivity index (χ3v) is 8.02. The predicted octanol–water partition coefficient (Wildman–Crippen LogP) is 3.17. The van der Waals surface area contributed by atoms with Gasteiger partial charge in [-0.2, -0.15) is 0 Å². The van der Waals surface area contributed by atoms with Gasteiger partial charge < -0.3 is 10.2 Å². The molecule has 5 nitrogen and oxygen atoms in total. The van der Waals surface area contributed by atoms with Crippen LogP contribution in [-0.2, 0) is 0 Å². The van der Waals surface area contributed by atoms with E-state index in [2.05, 4.69) is 40.9 Å². The van der Waals surface area contributed by atoms with Gasteiger partial charge in [-0.3, -0.25) is 9.69 Å². The van der Waals surface area contributed by atoms with Crippen molar-refractivity contribution in [3.8, 4) is 0 Å². The fourth-order valence-electron chi connectivity index (χ4n) is 5.69. The molecule has 1 N–H and O–H groups in total. The van der Waals surface area contributed by atoms with E-state index in [1.54, 1.807) is 7.05 Å². The number of nitrogens with zero attached hydrogens (tertiary/aromatic N) is 3. The third-order valence-electron chi connectivity index (χ3n) is 8.02. The fraction of sp³-hybridized carbons (Fsp3) is 0.727. The largest absolute Gasteiger partial charge is 0.368 e. The lowest BCUT2D eigenvalue weighted by molar-refractivity contribution is 0.0958. The van der Waals surface area contributed by atoms with Crippen LogP contribution in [-0.4, -0.2) is 55.1 Å². The number of nitrogens with one attached hydrogen (secondary N) is 1. The molecule has 27 heavy (non-hydrogen) atoms. The van der Waals surface area contributed by atoms with Crippen molar-refractivity contribution < 1.29 is 4.79 Å². The highest BCUT2D eigenvalue weighted by Crippen LogP contribution is 2.72. The number of hydrogen-bond acceptors (Lipinski definition) is 4. The highest BCUT2D eigenvalue weighted by Gasteiger charge is 2.66. The van der Waals surface area contributed by atoms with Gasteiger partial charge in [0, 0.05) is 39.3 Å². The standard InChI is InChI=1S/C22H34N4O/c1-5-21(2,3)22-13-16(22)12-18(14-22)26-10-8-25(9-11-26)17-6-7-19(24-15-17)20(27)23-4/h6-7,15-16,18H,5,8-14H2,1-4H3,(H,23,27). The van der Waals surface area contributed by atoms with Gasteiger partial charge in [0.2, 0.25) is 0 Å². The summed E-state index contributed by atoms with van der Waals surface area (Å²) in [4.78, 5) is 21.1. The summed E-state index contributed by atoms with van der Waals surface area (Å²) in [6, 6.07) is 4.63. The SMILES string of the molecule is CCC(C)(C)C12CC(N3CCN(c4ccc(C(=O)NC)nc4)CC3)CC1C2. The Morgan fingerprint density at radius 3 is 2.59 bits per heavy atom. The van der Waals surface area contributed by atoms with E-state index in [4.69, 9.17) is 0 Å². The molecule has 0 bridgehead atoms. The van der Waals surface area contributed by atoms with Crippen LogP contribution in [0.25, 0.3) is 0 Å². The molecule has 1 aromatic heterocycles. The minimum absolute atomic E-state index is 0.130. The van der Waals surface area contributed by atoms with Gasteiger partial charge >= 0.3 is 0 Å². The molecule has 1 aliphatic heterocycles. The number of anilines is 1. The molecule has 3 fully saturated rings. The molecule has 2 heterocycles. The Bertz CT molecular complexity index is 693. The van der Waals surface area contributed by atoms with Crippen LogP contribution < -0.4 is 10.2 Å². The molecule has 2 aliphatic carbocycles. The summed E-state index contributed by atoms with van der Waals surface area (Å²) in [5, 5.41) is 2.62. The van der Waals surface area contributed by atoms with Gasteiger partial charge in [-0.15, -0.1) is 0 Å². The molecule has 0 aromatic carbocycles. The Morgan fingerprint density at radius 2 is 2.00 bits per heavy atom. The first-order valence-corrected chi connectivity index (χ1v) is 10.6. The maximum absolute atomic E-state index is 11.6. The van der Waals surface area contributed by atoms with E-state index in [9.17, 15) is 4.79 Å². The number of carbonyl (C=O) groups is 1. The van der Waals surface area contributed by atoms with Crippen molar-refractivity contribution in [2.75, 3.05) is 38.1 Å². The number of rotatable bonds is 5. The Balaban J connectivity index is 1.33. The van der Waals surface area contributed by atoms with E-state index in [-0.39, 0.29) is 5.91 Å². The summed E-state index contributed by atoms with van der Waals surface area (Å²) in [6.07, 6.45) is 7.41. The third kappa shape index (κ3) is 3.14. The molecule has 1 saturated heterocycles. The molecule has 5 heteroatoms. The summed E-state index contributed by atoms with van der Waals surface area (Å²) in [5.41, 5.74) is 2.73. The van der Waals surface area contributed by atoms with Crippen LogP contribution in [0.5, 0.6) is 0 Å². The number of amides is 1. The van der Waals surface area contributed by atoms with Gasteiger partial charge in [-0.05, 0) is 48.1 Å². The second-order valence-corrected chi connectivity index (χ2v) is 9.39. The van der Waals surface area contributed by atoms with Gasteiger partial charge in [0.1, 0.15) is 5.69 Å². The maximum Gasteiger partial charge on any atom is 0.269 e. The monoisotopic (exact) mass is 370 g/mol. The molecule has 0 radical (unpaired) electrons. The van der Waals surface area contributed by atoms with Crippen LogP contribution in [0, 0.1) is 16.7 Å². The van der Waals surface area contributed by atoms with Crippen LogP contribution in [0.3, 0.4) is 0 Å². The first-order chi connectivity index (χ1) is 12.9. The quantitative estimate of drug-likeness (QED) is 0.865. The molecule has 3 aliphatic rings. The first kappa shape index (κ1) is 18.7. The lowest BCUT2D eigenvalue weighted by atomic mass is 9.72.